The van der Waals surface area contributed by atoms with E-state index >= 15 is 0 Å². The molecule has 2 N–H and O–H groups in total. The molecule has 0 aliphatic carbocycles. The van der Waals surface area contributed by atoms with Gasteiger partial charge in [-0.15, -0.1) is 0 Å². The van der Waals surface area contributed by atoms with E-state index in [4.69, 9.17) is 0 Å². The van der Waals surface area contributed by atoms with Gasteiger partial charge in [-0.25, -0.2) is 9.97 Å². The molecule has 0 saturated heterocycles. The molecular weight excluding hydrogens is 380 g/mol. The third-order valence-electron chi connectivity index (χ3n) is 3.52. The molecule has 6 heteroatoms. The van der Waals surface area contributed by atoms with Crippen LogP contribution in [-0.4, -0.2) is 22.4 Å². The Bertz CT molecular complexity index is 838. The fourth-order valence-corrected chi connectivity index (χ4v) is 2.68. The summed E-state index contributed by atoms with van der Waals surface area (Å²) >= 11 is 3.42. The number of amides is 1. The van der Waals surface area contributed by atoms with Crippen molar-refractivity contribution in [2.75, 3.05) is 11.9 Å². The molecule has 2 aromatic carbocycles. The van der Waals surface area contributed by atoms with E-state index in [0.717, 1.165) is 16.6 Å². The average Bonchev–Trinajstić information content (AvgIpc) is 2.63. The van der Waals surface area contributed by atoms with E-state index in [9.17, 15) is 4.79 Å². The molecule has 0 aliphatic heterocycles. The van der Waals surface area contributed by atoms with Crippen LogP contribution in [0.5, 0.6) is 0 Å². The number of nitrogens with one attached hydrogen (secondary N) is 2. The minimum absolute atomic E-state index is 0.225. The topological polar surface area (TPSA) is 66.9 Å². The Morgan fingerprint density at radius 3 is 2.56 bits per heavy atom. The smallest absolute Gasteiger partial charge is 0.271 e. The quantitative estimate of drug-likeness (QED) is 0.661. The van der Waals surface area contributed by atoms with Crippen LogP contribution in [0.4, 0.5) is 11.5 Å². The van der Waals surface area contributed by atoms with Crippen molar-refractivity contribution in [3.8, 4) is 0 Å². The van der Waals surface area contributed by atoms with E-state index in [1.54, 1.807) is 6.20 Å². The fourth-order valence-electron chi connectivity index (χ4n) is 2.28. The van der Waals surface area contributed by atoms with Crippen LogP contribution in [0, 0.1) is 0 Å². The van der Waals surface area contributed by atoms with Gasteiger partial charge in [-0.3, -0.25) is 4.79 Å². The first kappa shape index (κ1) is 17.1. The highest BCUT2D eigenvalue weighted by molar-refractivity contribution is 9.10. The zero-order valence-corrected chi connectivity index (χ0v) is 15.0. The summed E-state index contributed by atoms with van der Waals surface area (Å²) in [7, 11) is 0. The van der Waals surface area contributed by atoms with E-state index in [2.05, 4.69) is 36.5 Å². The van der Waals surface area contributed by atoms with Crippen molar-refractivity contribution in [2.24, 2.45) is 0 Å². The van der Waals surface area contributed by atoms with E-state index in [1.165, 1.54) is 11.8 Å². The van der Waals surface area contributed by atoms with Crippen molar-refractivity contribution in [3.05, 3.63) is 82.7 Å². The van der Waals surface area contributed by atoms with E-state index in [-0.39, 0.29) is 5.91 Å². The summed E-state index contributed by atoms with van der Waals surface area (Å²) in [5.74, 6) is 0.358. The number of rotatable bonds is 6. The monoisotopic (exact) mass is 396 g/mol. The molecule has 0 radical (unpaired) electrons. The van der Waals surface area contributed by atoms with Crippen LogP contribution in [-0.2, 0) is 6.42 Å². The van der Waals surface area contributed by atoms with E-state index in [0.29, 0.717) is 18.1 Å². The van der Waals surface area contributed by atoms with Crippen molar-refractivity contribution in [3.63, 3.8) is 0 Å². The number of benzene rings is 2. The highest BCUT2D eigenvalue weighted by Crippen LogP contribution is 2.18. The van der Waals surface area contributed by atoms with Crippen LogP contribution < -0.4 is 10.6 Å². The summed E-state index contributed by atoms with van der Waals surface area (Å²) in [5, 5.41) is 6.00. The predicted octanol–water partition coefficient (Wildman–Crippen LogP) is 3.96. The number of halogens is 1. The number of nitrogens with zero attached hydrogens (tertiary/aromatic N) is 2. The number of anilines is 2. The maximum atomic E-state index is 12.1. The minimum Gasteiger partial charge on any atom is -0.350 e. The Hall–Kier alpha value is -2.73. The molecule has 126 valence electrons. The molecule has 3 rings (SSSR count). The molecule has 0 saturated carbocycles. The normalized spacial score (nSPS) is 10.3. The first-order chi connectivity index (χ1) is 12.2. The minimum atomic E-state index is -0.225. The lowest BCUT2D eigenvalue weighted by molar-refractivity contribution is 0.0949. The Labute approximate surface area is 154 Å². The summed E-state index contributed by atoms with van der Waals surface area (Å²) in [5.41, 5.74) is 2.37. The molecule has 1 aromatic heterocycles. The number of carbonyl (C=O) groups excluding carboxylic acids is 1. The molecular formula is C19H17BrN4O. The Morgan fingerprint density at radius 1 is 1.00 bits per heavy atom. The third-order valence-corrected chi connectivity index (χ3v) is 4.02. The summed E-state index contributed by atoms with van der Waals surface area (Å²) in [6.45, 7) is 0.558. The van der Waals surface area contributed by atoms with Crippen molar-refractivity contribution >= 4 is 33.3 Å². The largest absolute Gasteiger partial charge is 0.350 e. The summed E-state index contributed by atoms with van der Waals surface area (Å²) in [6, 6.07) is 17.8. The third kappa shape index (κ3) is 5.12. The molecule has 0 spiro atoms. The molecule has 3 aromatic rings. The fraction of sp³-hybridized carbons (Fsp3) is 0.105. The predicted molar refractivity (Wildman–Crippen MR) is 102 cm³/mol. The molecule has 0 bridgehead atoms. The molecule has 0 unspecified atom stereocenters. The Kier molecular flexibility index (Phi) is 5.74. The molecule has 1 amide bonds. The molecule has 25 heavy (non-hydrogen) atoms. The van der Waals surface area contributed by atoms with Crippen molar-refractivity contribution in [1.29, 1.82) is 0 Å². The van der Waals surface area contributed by atoms with Crippen LogP contribution in [0.15, 0.2) is 71.5 Å². The Morgan fingerprint density at radius 2 is 1.84 bits per heavy atom. The molecule has 0 aliphatic rings. The van der Waals surface area contributed by atoms with Crippen molar-refractivity contribution in [2.45, 2.75) is 6.42 Å². The van der Waals surface area contributed by atoms with Crippen molar-refractivity contribution < 1.29 is 4.79 Å². The second-order valence-electron chi connectivity index (χ2n) is 5.41. The van der Waals surface area contributed by atoms with Gasteiger partial charge in [0, 0.05) is 16.7 Å². The number of hydrogen-bond acceptors (Lipinski definition) is 4. The molecule has 0 fully saturated rings. The highest BCUT2D eigenvalue weighted by atomic mass is 79.9. The van der Waals surface area contributed by atoms with Crippen LogP contribution in [0.1, 0.15) is 16.1 Å². The maximum absolute atomic E-state index is 12.1. The van der Waals surface area contributed by atoms with Gasteiger partial charge >= 0.3 is 0 Å². The maximum Gasteiger partial charge on any atom is 0.271 e. The molecule has 5 nitrogen and oxygen atoms in total. The second-order valence-corrected chi connectivity index (χ2v) is 6.33. The lowest BCUT2D eigenvalue weighted by Crippen LogP contribution is -2.26. The summed E-state index contributed by atoms with van der Waals surface area (Å²) in [6.07, 6.45) is 3.80. The van der Waals surface area contributed by atoms with Crippen LogP contribution in [0.25, 0.3) is 0 Å². The lowest BCUT2D eigenvalue weighted by Gasteiger charge is -2.07. The Balaban J connectivity index is 1.53. The zero-order chi connectivity index (χ0) is 17.5. The van der Waals surface area contributed by atoms with Gasteiger partial charge in [0.05, 0.1) is 12.4 Å². The van der Waals surface area contributed by atoms with Gasteiger partial charge < -0.3 is 10.6 Å². The van der Waals surface area contributed by atoms with Gasteiger partial charge in [0.2, 0.25) is 0 Å². The first-order valence-corrected chi connectivity index (χ1v) is 8.67. The van der Waals surface area contributed by atoms with Crippen molar-refractivity contribution in [1.82, 2.24) is 15.3 Å². The van der Waals surface area contributed by atoms with Gasteiger partial charge in [-0.2, -0.15) is 0 Å². The van der Waals surface area contributed by atoms with Gasteiger partial charge in [0.25, 0.3) is 5.91 Å². The highest BCUT2D eigenvalue weighted by Gasteiger charge is 2.07. The van der Waals surface area contributed by atoms with Gasteiger partial charge in [0.1, 0.15) is 11.5 Å². The van der Waals surface area contributed by atoms with Crippen LogP contribution >= 0.6 is 15.9 Å². The SMILES string of the molecule is O=C(NCCc1ccccc1)c1cnc(Nc2cccc(Br)c2)cn1. The van der Waals surface area contributed by atoms with Crippen LogP contribution in [0.3, 0.4) is 0 Å². The first-order valence-electron chi connectivity index (χ1n) is 7.87. The van der Waals surface area contributed by atoms with Crippen LogP contribution in [0.2, 0.25) is 0 Å². The lowest BCUT2D eigenvalue weighted by atomic mass is 10.1. The summed E-state index contributed by atoms with van der Waals surface area (Å²) < 4.78 is 0.972. The number of hydrogen-bond donors (Lipinski definition) is 2. The average molecular weight is 397 g/mol. The summed E-state index contributed by atoms with van der Waals surface area (Å²) in [4.78, 5) is 20.5. The molecule has 0 atom stereocenters. The second kappa shape index (κ2) is 8.39. The number of aromatic nitrogens is 2. The van der Waals surface area contributed by atoms with E-state index < -0.39 is 0 Å². The van der Waals surface area contributed by atoms with Gasteiger partial charge in [0.15, 0.2) is 0 Å². The van der Waals surface area contributed by atoms with E-state index in [1.807, 2.05) is 54.6 Å². The number of carbonyl (C=O) groups is 1. The zero-order valence-electron chi connectivity index (χ0n) is 13.4. The molecule has 1 heterocycles. The standard InChI is InChI=1S/C19H17BrN4O/c20-15-7-4-8-16(11-15)24-18-13-22-17(12-23-18)19(25)21-10-9-14-5-2-1-3-6-14/h1-8,11-13H,9-10H2,(H,21,25)(H,23,24). The van der Waals surface area contributed by atoms with Gasteiger partial charge in [-0.05, 0) is 30.2 Å². The van der Waals surface area contributed by atoms with Gasteiger partial charge in [-0.1, -0.05) is 52.3 Å².